The Labute approximate surface area is 261 Å². The Morgan fingerprint density at radius 1 is 1.00 bits per heavy atom. The van der Waals surface area contributed by atoms with Gasteiger partial charge in [-0.1, -0.05) is 12.8 Å². The summed E-state index contributed by atoms with van der Waals surface area (Å²) in [5.41, 5.74) is -1.06. The number of hydrogen-bond donors (Lipinski definition) is 0. The van der Waals surface area contributed by atoms with Gasteiger partial charge in [0, 0.05) is 30.5 Å². The van der Waals surface area contributed by atoms with Crippen molar-refractivity contribution in [3.63, 3.8) is 0 Å². The molecule has 0 saturated heterocycles. The summed E-state index contributed by atoms with van der Waals surface area (Å²) in [6.45, 7) is 10.0. The summed E-state index contributed by atoms with van der Waals surface area (Å²) >= 11 is 0. The van der Waals surface area contributed by atoms with Gasteiger partial charge in [-0.25, -0.2) is 4.79 Å². The molecular formula is C32H43F3N4O6. The maximum absolute atomic E-state index is 13.7. The lowest BCUT2D eigenvalue weighted by Crippen LogP contribution is -2.45. The molecule has 13 heteroatoms. The average Bonchev–Trinajstić information content (AvgIpc) is 3.66. The Balaban J connectivity index is 1.43. The van der Waals surface area contributed by atoms with E-state index < -0.39 is 35.1 Å². The summed E-state index contributed by atoms with van der Waals surface area (Å²) in [5.74, 6) is -0.500. The summed E-state index contributed by atoms with van der Waals surface area (Å²) in [6.07, 6.45) is 0.0450. The molecular weight excluding hydrogens is 593 g/mol. The van der Waals surface area contributed by atoms with Crippen LogP contribution in [0, 0.1) is 0 Å². The first-order valence-corrected chi connectivity index (χ1v) is 15.3. The molecule has 0 spiro atoms. The lowest BCUT2D eigenvalue weighted by atomic mass is 10.1. The Bertz CT molecular complexity index is 1390. The van der Waals surface area contributed by atoms with Gasteiger partial charge in [-0.15, -0.1) is 0 Å². The number of esters is 1. The highest BCUT2D eigenvalue weighted by Gasteiger charge is 2.38. The summed E-state index contributed by atoms with van der Waals surface area (Å²) in [6, 6.07) is 4.96. The summed E-state index contributed by atoms with van der Waals surface area (Å²) in [7, 11) is 0. The van der Waals surface area contributed by atoms with Crippen molar-refractivity contribution in [3.8, 4) is 5.75 Å². The van der Waals surface area contributed by atoms with Crippen LogP contribution in [0.5, 0.6) is 5.75 Å². The van der Waals surface area contributed by atoms with Gasteiger partial charge in [0.15, 0.2) is 5.69 Å². The fourth-order valence-corrected chi connectivity index (χ4v) is 5.45. The van der Waals surface area contributed by atoms with Crippen molar-refractivity contribution >= 4 is 23.7 Å². The highest BCUT2D eigenvalue weighted by Crippen LogP contribution is 2.36. The van der Waals surface area contributed by atoms with Crippen LogP contribution in [0.25, 0.3) is 0 Å². The molecule has 2 aliphatic rings. The zero-order valence-electron chi connectivity index (χ0n) is 26.8. The maximum Gasteiger partial charge on any atom is 0.435 e. The van der Waals surface area contributed by atoms with Crippen LogP contribution in [0.15, 0.2) is 24.4 Å². The first-order valence-electron chi connectivity index (χ1n) is 15.3. The van der Waals surface area contributed by atoms with Crippen LogP contribution in [0.4, 0.5) is 23.7 Å². The molecule has 1 aliphatic carbocycles. The molecule has 2 heterocycles. The predicted molar refractivity (Wildman–Crippen MR) is 160 cm³/mol. The topological polar surface area (TPSA) is 103 Å². The number of alkyl halides is 3. The van der Waals surface area contributed by atoms with Crippen LogP contribution in [0.1, 0.15) is 96.5 Å². The molecule has 0 atom stereocenters. The first-order chi connectivity index (χ1) is 20.9. The first kappa shape index (κ1) is 34.1. The zero-order chi connectivity index (χ0) is 33.2. The second-order valence-corrected chi connectivity index (χ2v) is 13.5. The molecule has 10 nitrogen and oxygen atoms in total. The number of benzene rings is 1. The second kappa shape index (κ2) is 13.3. The molecule has 0 radical (unpaired) electrons. The molecule has 248 valence electrons. The van der Waals surface area contributed by atoms with E-state index in [2.05, 4.69) is 5.10 Å². The van der Waals surface area contributed by atoms with Crippen LogP contribution >= 0.6 is 0 Å². The number of halogens is 3. The van der Waals surface area contributed by atoms with Gasteiger partial charge in [0.2, 0.25) is 5.91 Å². The normalized spacial score (nSPS) is 15.6. The molecule has 1 aromatic carbocycles. The van der Waals surface area contributed by atoms with Gasteiger partial charge < -0.3 is 19.1 Å². The quantitative estimate of drug-likeness (QED) is 0.291. The van der Waals surface area contributed by atoms with Gasteiger partial charge in [0.25, 0.3) is 0 Å². The molecule has 4 rings (SSSR count). The Hall–Kier alpha value is -3.77. The fourth-order valence-electron chi connectivity index (χ4n) is 5.45. The van der Waals surface area contributed by atoms with Gasteiger partial charge in [-0.3, -0.25) is 19.2 Å². The van der Waals surface area contributed by atoms with Crippen LogP contribution in [0.3, 0.4) is 0 Å². The van der Waals surface area contributed by atoms with Crippen LogP contribution in [-0.4, -0.2) is 63.5 Å². The third-order valence-electron chi connectivity index (χ3n) is 7.40. The number of carbonyl (C=O) groups excluding carboxylic acids is 3. The van der Waals surface area contributed by atoms with E-state index in [-0.39, 0.29) is 43.6 Å². The SMILES string of the molecule is CC(C)(C)OC(=O)CCN(CC(=O)N1CCc2cc(OCc3cn(C4CCCC4)nc3C(F)(F)F)ccc21)C(=O)OC(C)(C)C. The van der Waals surface area contributed by atoms with Gasteiger partial charge in [0.05, 0.1) is 12.5 Å². The fraction of sp³-hybridized carbons (Fsp3) is 0.625. The summed E-state index contributed by atoms with van der Waals surface area (Å²) < 4.78 is 59.2. The predicted octanol–water partition coefficient (Wildman–Crippen LogP) is 6.45. The van der Waals surface area contributed by atoms with Crippen molar-refractivity contribution in [1.82, 2.24) is 14.7 Å². The number of amides is 2. The largest absolute Gasteiger partial charge is 0.489 e. The molecule has 2 amide bonds. The van der Waals surface area contributed by atoms with E-state index in [4.69, 9.17) is 14.2 Å². The van der Waals surface area contributed by atoms with Crippen molar-refractivity contribution in [2.24, 2.45) is 0 Å². The van der Waals surface area contributed by atoms with Gasteiger partial charge in [0.1, 0.15) is 30.1 Å². The number of ether oxygens (including phenoxy) is 3. The molecule has 45 heavy (non-hydrogen) atoms. The lowest BCUT2D eigenvalue weighted by Gasteiger charge is -2.29. The van der Waals surface area contributed by atoms with E-state index in [1.807, 2.05) is 0 Å². The molecule has 0 unspecified atom stereocenters. The minimum absolute atomic E-state index is 0.0275. The number of aromatic nitrogens is 2. The zero-order valence-corrected chi connectivity index (χ0v) is 26.8. The number of nitrogens with zero attached hydrogens (tertiary/aromatic N) is 4. The van der Waals surface area contributed by atoms with E-state index in [0.29, 0.717) is 24.4 Å². The van der Waals surface area contributed by atoms with Crippen molar-refractivity contribution in [1.29, 1.82) is 0 Å². The summed E-state index contributed by atoms with van der Waals surface area (Å²) in [4.78, 5) is 41.4. The van der Waals surface area contributed by atoms with E-state index >= 15 is 0 Å². The van der Waals surface area contributed by atoms with E-state index in [9.17, 15) is 27.6 Å². The molecule has 0 N–H and O–H groups in total. The molecule has 1 saturated carbocycles. The van der Waals surface area contributed by atoms with Gasteiger partial charge in [-0.05, 0) is 84.6 Å². The van der Waals surface area contributed by atoms with Crippen molar-refractivity contribution in [2.45, 2.75) is 110 Å². The number of fused-ring (bicyclic) bond motifs is 1. The number of anilines is 1. The van der Waals surface area contributed by atoms with Crippen molar-refractivity contribution < 1.29 is 41.8 Å². The Kier molecular flexibility index (Phi) is 10.1. The van der Waals surface area contributed by atoms with Crippen molar-refractivity contribution in [3.05, 3.63) is 41.2 Å². The minimum Gasteiger partial charge on any atom is -0.489 e. The van der Waals surface area contributed by atoms with Gasteiger partial charge in [-0.2, -0.15) is 18.3 Å². The van der Waals surface area contributed by atoms with Crippen LogP contribution < -0.4 is 9.64 Å². The second-order valence-electron chi connectivity index (χ2n) is 13.5. The smallest absolute Gasteiger partial charge is 0.435 e. The molecule has 0 bridgehead atoms. The van der Waals surface area contributed by atoms with E-state index in [0.717, 1.165) is 31.2 Å². The number of rotatable bonds is 9. The average molecular weight is 637 g/mol. The molecule has 1 aliphatic heterocycles. The Morgan fingerprint density at radius 3 is 2.29 bits per heavy atom. The Morgan fingerprint density at radius 2 is 1.67 bits per heavy atom. The van der Waals surface area contributed by atoms with Crippen LogP contribution in [-0.2, 0) is 38.3 Å². The third-order valence-corrected chi connectivity index (χ3v) is 7.40. The van der Waals surface area contributed by atoms with E-state index in [1.165, 1.54) is 20.7 Å². The molecule has 2 aromatic rings. The standard InChI is InChI=1S/C32H43F3N4O6/c1-30(2,3)44-27(41)14-15-37(29(42)45-31(4,5)6)19-26(40)38-16-13-21-17-24(11-12-25(21)38)43-20-22-18-39(23-9-7-8-10-23)36-28(22)32(33,34)35/h11-12,17-18,23H,7-10,13-16,19-20H2,1-6H3. The molecule has 1 fully saturated rings. The van der Waals surface area contributed by atoms with Crippen LogP contribution in [0.2, 0.25) is 0 Å². The monoisotopic (exact) mass is 636 g/mol. The molecule has 1 aromatic heterocycles. The van der Waals surface area contributed by atoms with Gasteiger partial charge >= 0.3 is 18.2 Å². The third kappa shape index (κ3) is 9.37. The minimum atomic E-state index is -4.60. The maximum atomic E-state index is 13.7. The van der Waals surface area contributed by atoms with E-state index in [1.54, 1.807) is 59.7 Å². The highest BCUT2D eigenvalue weighted by molar-refractivity contribution is 5.98. The van der Waals surface area contributed by atoms with Crippen molar-refractivity contribution in [2.75, 3.05) is 24.5 Å². The summed E-state index contributed by atoms with van der Waals surface area (Å²) in [5, 5.41) is 3.86. The lowest BCUT2D eigenvalue weighted by molar-refractivity contribution is -0.155. The number of hydrogen-bond acceptors (Lipinski definition) is 7. The highest BCUT2D eigenvalue weighted by atomic mass is 19.4. The number of carbonyl (C=O) groups is 3.